The second-order valence-electron chi connectivity index (χ2n) is 3.67. The Morgan fingerprint density at radius 2 is 1.77 bits per heavy atom. The number of halogens is 2. The average Bonchev–Trinajstić information content (AvgIpc) is 2.57. The van der Waals surface area contributed by atoms with E-state index < -0.39 is 5.92 Å². The minimum atomic E-state index is -2.32. The lowest BCUT2D eigenvalue weighted by molar-refractivity contribution is 0.0900. The van der Waals surface area contributed by atoms with Crippen molar-refractivity contribution in [3.8, 4) is 0 Å². The van der Waals surface area contributed by atoms with Crippen molar-refractivity contribution in [2.24, 2.45) is 5.92 Å². The topological polar surface area (TPSA) is 23.5 Å². The zero-order chi connectivity index (χ0) is 9.90. The molecule has 0 radical (unpaired) electrons. The SMILES string of the molecule is CO.FC1(F)CC1CN1CCCC1. The molecule has 4 heteroatoms. The smallest absolute Gasteiger partial charge is 0.252 e. The number of aliphatic hydroxyl groups excluding tert-OH is 1. The number of aliphatic hydroxyl groups is 1. The van der Waals surface area contributed by atoms with Crippen LogP contribution in [-0.2, 0) is 0 Å². The fourth-order valence-corrected chi connectivity index (χ4v) is 1.74. The summed E-state index contributed by atoms with van der Waals surface area (Å²) in [4.78, 5) is 2.16. The van der Waals surface area contributed by atoms with Crippen LogP contribution in [0.1, 0.15) is 19.3 Å². The molecule has 0 aromatic carbocycles. The van der Waals surface area contributed by atoms with Gasteiger partial charge in [0, 0.05) is 26.0 Å². The molecule has 0 amide bonds. The lowest BCUT2D eigenvalue weighted by Crippen LogP contribution is -2.23. The number of alkyl halides is 2. The Balaban J connectivity index is 0.000000396. The first-order valence-electron chi connectivity index (χ1n) is 4.73. The van der Waals surface area contributed by atoms with E-state index in [9.17, 15) is 8.78 Å². The zero-order valence-corrected chi connectivity index (χ0v) is 7.97. The van der Waals surface area contributed by atoms with Crippen molar-refractivity contribution in [3.05, 3.63) is 0 Å². The van der Waals surface area contributed by atoms with Crippen LogP contribution in [0.15, 0.2) is 0 Å². The summed E-state index contributed by atoms with van der Waals surface area (Å²) < 4.78 is 24.8. The summed E-state index contributed by atoms with van der Waals surface area (Å²) in [6.07, 6.45) is 2.51. The minimum Gasteiger partial charge on any atom is -0.400 e. The third-order valence-corrected chi connectivity index (χ3v) is 2.63. The normalized spacial score (nSPS) is 30.9. The Hall–Kier alpha value is -0.220. The van der Waals surface area contributed by atoms with Gasteiger partial charge >= 0.3 is 0 Å². The molecule has 2 nitrogen and oxygen atoms in total. The first kappa shape index (κ1) is 10.9. The zero-order valence-electron chi connectivity index (χ0n) is 7.97. The highest BCUT2D eigenvalue weighted by Crippen LogP contribution is 2.49. The van der Waals surface area contributed by atoms with E-state index in [-0.39, 0.29) is 12.3 Å². The fraction of sp³-hybridized carbons (Fsp3) is 1.00. The fourth-order valence-electron chi connectivity index (χ4n) is 1.74. The van der Waals surface area contributed by atoms with Gasteiger partial charge in [-0.2, -0.15) is 0 Å². The first-order chi connectivity index (χ1) is 6.18. The Kier molecular flexibility index (Phi) is 3.62. The standard InChI is InChI=1S/C8H13F2N.CH4O/c9-8(10)5-7(8)6-11-3-1-2-4-11;1-2/h7H,1-6H2;2H,1H3. The molecule has 1 aliphatic carbocycles. The van der Waals surface area contributed by atoms with Gasteiger partial charge in [0.15, 0.2) is 0 Å². The van der Waals surface area contributed by atoms with Crippen molar-refractivity contribution in [2.45, 2.75) is 25.2 Å². The number of likely N-dealkylation sites (tertiary alicyclic amines) is 1. The predicted octanol–water partition coefficient (Wildman–Crippen LogP) is 1.35. The van der Waals surface area contributed by atoms with Crippen LogP contribution >= 0.6 is 0 Å². The van der Waals surface area contributed by atoms with Crippen molar-refractivity contribution >= 4 is 0 Å². The number of hydrogen-bond acceptors (Lipinski definition) is 2. The summed E-state index contributed by atoms with van der Waals surface area (Å²) in [5, 5.41) is 7.00. The number of hydrogen-bond donors (Lipinski definition) is 1. The van der Waals surface area contributed by atoms with Gasteiger partial charge in [-0.25, -0.2) is 8.78 Å². The van der Waals surface area contributed by atoms with Gasteiger partial charge in [-0.1, -0.05) is 0 Å². The molecule has 78 valence electrons. The highest BCUT2D eigenvalue weighted by atomic mass is 19.3. The first-order valence-corrected chi connectivity index (χ1v) is 4.73. The van der Waals surface area contributed by atoms with E-state index in [4.69, 9.17) is 5.11 Å². The lowest BCUT2D eigenvalue weighted by atomic mass is 10.4. The molecule has 2 fully saturated rings. The molecule has 1 heterocycles. The molecule has 0 spiro atoms. The van der Waals surface area contributed by atoms with Crippen LogP contribution in [0.5, 0.6) is 0 Å². The molecule has 1 N–H and O–H groups in total. The maximum atomic E-state index is 12.4. The van der Waals surface area contributed by atoms with E-state index in [1.807, 2.05) is 0 Å². The minimum absolute atomic E-state index is 0.128. The van der Waals surface area contributed by atoms with Gasteiger partial charge in [-0.05, 0) is 25.9 Å². The van der Waals surface area contributed by atoms with Crippen LogP contribution in [0, 0.1) is 5.92 Å². The monoisotopic (exact) mass is 193 g/mol. The molecule has 1 saturated carbocycles. The molecule has 0 bridgehead atoms. The van der Waals surface area contributed by atoms with Gasteiger partial charge in [0.25, 0.3) is 5.92 Å². The molecular weight excluding hydrogens is 176 g/mol. The van der Waals surface area contributed by atoms with Gasteiger partial charge < -0.3 is 10.0 Å². The Morgan fingerprint density at radius 1 is 1.31 bits per heavy atom. The molecule has 1 saturated heterocycles. The maximum absolute atomic E-state index is 12.4. The van der Waals surface area contributed by atoms with Crippen LogP contribution in [0.3, 0.4) is 0 Å². The van der Waals surface area contributed by atoms with Gasteiger partial charge in [0.1, 0.15) is 0 Å². The largest absolute Gasteiger partial charge is 0.400 e. The predicted molar refractivity (Wildman–Crippen MR) is 46.9 cm³/mol. The Labute approximate surface area is 77.5 Å². The summed E-state index contributed by atoms with van der Waals surface area (Å²) in [6.45, 7) is 2.70. The summed E-state index contributed by atoms with van der Waals surface area (Å²) in [5.41, 5.74) is 0. The third kappa shape index (κ3) is 2.88. The summed E-state index contributed by atoms with van der Waals surface area (Å²) in [7, 11) is 1.00. The number of rotatable bonds is 2. The summed E-state index contributed by atoms with van der Waals surface area (Å²) in [5.74, 6) is -2.64. The Morgan fingerprint density at radius 3 is 2.15 bits per heavy atom. The highest BCUT2D eigenvalue weighted by molar-refractivity contribution is 4.97. The van der Waals surface area contributed by atoms with Crippen molar-refractivity contribution < 1.29 is 13.9 Å². The van der Waals surface area contributed by atoms with E-state index in [2.05, 4.69) is 4.90 Å². The van der Waals surface area contributed by atoms with Crippen molar-refractivity contribution in [1.82, 2.24) is 4.90 Å². The molecule has 1 unspecified atom stereocenters. The maximum Gasteiger partial charge on any atom is 0.252 e. The van der Waals surface area contributed by atoms with Crippen molar-refractivity contribution in [2.75, 3.05) is 26.7 Å². The second kappa shape index (κ2) is 4.33. The van der Waals surface area contributed by atoms with Gasteiger partial charge in [0.2, 0.25) is 0 Å². The van der Waals surface area contributed by atoms with E-state index in [0.29, 0.717) is 6.54 Å². The van der Waals surface area contributed by atoms with E-state index in [0.717, 1.165) is 20.2 Å². The second-order valence-corrected chi connectivity index (χ2v) is 3.67. The van der Waals surface area contributed by atoms with Crippen molar-refractivity contribution in [3.63, 3.8) is 0 Å². The number of nitrogens with zero attached hydrogens (tertiary/aromatic N) is 1. The molecular formula is C9H17F2NO. The summed E-state index contributed by atoms with van der Waals surface area (Å²) >= 11 is 0. The van der Waals surface area contributed by atoms with Gasteiger partial charge in [-0.3, -0.25) is 0 Å². The molecule has 2 aliphatic rings. The van der Waals surface area contributed by atoms with E-state index >= 15 is 0 Å². The van der Waals surface area contributed by atoms with Crippen LogP contribution in [0.4, 0.5) is 8.78 Å². The molecule has 1 aliphatic heterocycles. The third-order valence-electron chi connectivity index (χ3n) is 2.63. The van der Waals surface area contributed by atoms with Crippen LogP contribution in [-0.4, -0.2) is 42.7 Å². The lowest BCUT2D eigenvalue weighted by Gasteiger charge is -2.12. The van der Waals surface area contributed by atoms with Gasteiger partial charge in [0.05, 0.1) is 0 Å². The molecule has 0 aromatic heterocycles. The summed E-state index contributed by atoms with van der Waals surface area (Å²) in [6, 6.07) is 0. The molecule has 2 rings (SSSR count). The van der Waals surface area contributed by atoms with E-state index in [1.54, 1.807) is 0 Å². The Bertz CT molecular complexity index is 155. The molecule has 1 atom stereocenters. The molecule has 0 aromatic rings. The van der Waals surface area contributed by atoms with Crippen LogP contribution in [0.25, 0.3) is 0 Å². The van der Waals surface area contributed by atoms with Crippen LogP contribution < -0.4 is 0 Å². The average molecular weight is 193 g/mol. The van der Waals surface area contributed by atoms with E-state index in [1.165, 1.54) is 12.8 Å². The molecule has 13 heavy (non-hydrogen) atoms. The van der Waals surface area contributed by atoms with Crippen molar-refractivity contribution in [1.29, 1.82) is 0 Å². The van der Waals surface area contributed by atoms with Gasteiger partial charge in [-0.15, -0.1) is 0 Å². The van der Waals surface area contributed by atoms with Crippen LogP contribution in [0.2, 0.25) is 0 Å². The quantitative estimate of drug-likeness (QED) is 0.715. The highest BCUT2D eigenvalue weighted by Gasteiger charge is 2.56.